The molecule has 0 aliphatic carbocycles. The van der Waals surface area contributed by atoms with E-state index in [-0.39, 0.29) is 28.3 Å². The molecule has 2 aromatic rings. The minimum Gasteiger partial charge on any atom is -0.469 e. The molecule has 0 saturated heterocycles. The first-order valence-electron chi connectivity index (χ1n) is 16.5. The van der Waals surface area contributed by atoms with E-state index in [2.05, 4.69) is 98.9 Å². The fraction of sp³-hybridized carbons (Fsp3) is 0.667. The predicted molar refractivity (Wildman–Crippen MR) is 190 cm³/mol. The van der Waals surface area contributed by atoms with Crippen molar-refractivity contribution in [2.24, 2.45) is 0 Å². The lowest BCUT2D eigenvalue weighted by Gasteiger charge is -2.44. The molecule has 3 unspecified atom stereocenters. The molecule has 3 atom stereocenters. The summed E-state index contributed by atoms with van der Waals surface area (Å²) in [5.74, 6) is -0.206. The van der Waals surface area contributed by atoms with Gasteiger partial charge in [0.25, 0.3) is 0 Å². The molecular formula is C36H61NO5Si2. The number of benzene rings is 1. The van der Waals surface area contributed by atoms with E-state index >= 15 is 0 Å². The zero-order chi connectivity index (χ0) is 33.3. The van der Waals surface area contributed by atoms with Crippen LogP contribution in [0.5, 0.6) is 0 Å². The predicted octanol–water partition coefficient (Wildman–Crippen LogP) is 9.99. The van der Waals surface area contributed by atoms with Gasteiger partial charge < -0.3 is 18.7 Å². The summed E-state index contributed by atoms with van der Waals surface area (Å²) in [6.45, 7) is 24.8. The number of unbranched alkanes of at least 4 members (excludes halogenated alkanes) is 2. The molecule has 2 rings (SSSR count). The molecule has 0 saturated carbocycles. The van der Waals surface area contributed by atoms with Gasteiger partial charge in [-0.3, -0.25) is 9.78 Å². The number of nitrogens with zero attached hydrogens (tertiary/aromatic N) is 1. The SMILES string of the molecule is CCCCCC(O)c1ncc(/C=C/C(O[Si](C)(C)C(C)(C)C)C(CCCC(=O)OC)O[Si](C)(C)C(C)(C)C)c2ccccc12. The summed E-state index contributed by atoms with van der Waals surface area (Å²) >= 11 is 0. The van der Waals surface area contributed by atoms with Crippen molar-refractivity contribution in [2.75, 3.05) is 7.11 Å². The van der Waals surface area contributed by atoms with E-state index in [1.165, 1.54) is 7.11 Å². The number of pyridine rings is 1. The van der Waals surface area contributed by atoms with Gasteiger partial charge >= 0.3 is 5.97 Å². The van der Waals surface area contributed by atoms with E-state index in [9.17, 15) is 9.90 Å². The Labute approximate surface area is 270 Å². The number of aliphatic hydroxyl groups is 1. The van der Waals surface area contributed by atoms with Crippen molar-refractivity contribution < 1.29 is 23.5 Å². The number of hydrogen-bond donors (Lipinski definition) is 1. The minimum absolute atomic E-state index is 0.0104. The summed E-state index contributed by atoms with van der Waals surface area (Å²) in [6, 6.07) is 8.20. The molecule has 248 valence electrons. The quantitative estimate of drug-likeness (QED) is 0.111. The minimum atomic E-state index is -2.21. The Morgan fingerprint density at radius 2 is 1.50 bits per heavy atom. The lowest BCUT2D eigenvalue weighted by molar-refractivity contribution is -0.140. The zero-order valence-corrected chi connectivity index (χ0v) is 31.8. The molecule has 0 fully saturated rings. The second-order valence-corrected chi connectivity index (χ2v) is 24.8. The van der Waals surface area contributed by atoms with E-state index in [1.807, 2.05) is 18.3 Å². The van der Waals surface area contributed by atoms with Gasteiger partial charge in [-0.15, -0.1) is 0 Å². The normalized spacial score (nSPS) is 15.5. The zero-order valence-electron chi connectivity index (χ0n) is 29.8. The molecule has 0 radical (unpaired) electrons. The van der Waals surface area contributed by atoms with Gasteiger partial charge in [0.1, 0.15) is 0 Å². The molecule has 0 amide bonds. The van der Waals surface area contributed by atoms with Crippen LogP contribution in [0.2, 0.25) is 36.3 Å². The number of methoxy groups -OCH3 is 1. The summed E-state index contributed by atoms with van der Waals surface area (Å²) in [7, 11) is -2.95. The number of carbonyl (C=O) groups excluding carboxylic acids is 1. The number of hydrogen-bond acceptors (Lipinski definition) is 6. The number of ether oxygens (including phenoxy) is 1. The lowest BCUT2D eigenvalue weighted by atomic mass is 9.99. The first-order valence-corrected chi connectivity index (χ1v) is 22.3. The smallest absolute Gasteiger partial charge is 0.305 e. The van der Waals surface area contributed by atoms with Gasteiger partial charge in [0.15, 0.2) is 16.6 Å². The molecular weight excluding hydrogens is 583 g/mol. The maximum Gasteiger partial charge on any atom is 0.305 e. The Morgan fingerprint density at radius 3 is 2.07 bits per heavy atom. The molecule has 0 bridgehead atoms. The van der Waals surface area contributed by atoms with Gasteiger partial charge in [-0.2, -0.15) is 0 Å². The number of esters is 1. The van der Waals surface area contributed by atoms with Crippen LogP contribution in [-0.2, 0) is 18.4 Å². The van der Waals surface area contributed by atoms with Gasteiger partial charge in [0, 0.05) is 23.6 Å². The van der Waals surface area contributed by atoms with E-state index in [0.717, 1.165) is 41.3 Å². The highest BCUT2D eigenvalue weighted by Crippen LogP contribution is 2.41. The molecule has 1 heterocycles. The molecule has 0 aliphatic rings. The Morgan fingerprint density at radius 1 is 0.909 bits per heavy atom. The van der Waals surface area contributed by atoms with Crippen LogP contribution in [-0.4, -0.2) is 52.0 Å². The maximum absolute atomic E-state index is 12.0. The number of aliphatic hydroxyl groups excluding tert-OH is 1. The summed E-state index contributed by atoms with van der Waals surface area (Å²) in [5, 5.41) is 13.1. The molecule has 1 N–H and O–H groups in total. The van der Waals surface area contributed by atoms with Crippen molar-refractivity contribution in [3.8, 4) is 0 Å². The fourth-order valence-corrected chi connectivity index (χ4v) is 7.34. The van der Waals surface area contributed by atoms with Crippen molar-refractivity contribution in [1.82, 2.24) is 4.98 Å². The van der Waals surface area contributed by atoms with Gasteiger partial charge in [-0.1, -0.05) is 104 Å². The Hall–Kier alpha value is -1.85. The molecule has 0 spiro atoms. The highest BCUT2D eigenvalue weighted by atomic mass is 28.4. The van der Waals surface area contributed by atoms with Crippen LogP contribution in [0, 0.1) is 0 Å². The van der Waals surface area contributed by atoms with Crippen LogP contribution in [0.1, 0.15) is 111 Å². The van der Waals surface area contributed by atoms with Crippen LogP contribution in [0.4, 0.5) is 0 Å². The van der Waals surface area contributed by atoms with Crippen molar-refractivity contribution in [1.29, 1.82) is 0 Å². The van der Waals surface area contributed by atoms with Crippen molar-refractivity contribution >= 4 is 39.5 Å². The molecule has 0 aliphatic heterocycles. The first kappa shape index (κ1) is 38.3. The van der Waals surface area contributed by atoms with E-state index in [4.69, 9.17) is 18.6 Å². The van der Waals surface area contributed by atoms with Gasteiger partial charge in [-0.05, 0) is 60.9 Å². The summed E-state index contributed by atoms with van der Waals surface area (Å²) < 4.78 is 19.2. The molecule has 1 aromatic heterocycles. The second kappa shape index (κ2) is 16.1. The number of carbonyl (C=O) groups is 1. The second-order valence-electron chi connectivity index (χ2n) is 15.2. The van der Waals surface area contributed by atoms with Crippen LogP contribution in [0.3, 0.4) is 0 Å². The van der Waals surface area contributed by atoms with Crippen LogP contribution < -0.4 is 0 Å². The van der Waals surface area contributed by atoms with Crippen LogP contribution >= 0.6 is 0 Å². The van der Waals surface area contributed by atoms with Crippen molar-refractivity contribution in [3.63, 3.8) is 0 Å². The molecule has 8 heteroatoms. The van der Waals surface area contributed by atoms with Crippen molar-refractivity contribution in [3.05, 3.63) is 47.8 Å². The largest absolute Gasteiger partial charge is 0.469 e. The van der Waals surface area contributed by atoms with Crippen LogP contribution in [0.25, 0.3) is 16.8 Å². The monoisotopic (exact) mass is 643 g/mol. The molecule has 6 nitrogen and oxygen atoms in total. The molecule has 1 aromatic carbocycles. The maximum atomic E-state index is 12.0. The summed E-state index contributed by atoms with van der Waals surface area (Å²) in [4.78, 5) is 16.8. The van der Waals surface area contributed by atoms with E-state index < -0.39 is 22.7 Å². The average Bonchev–Trinajstić information content (AvgIpc) is 2.93. The number of aromatic nitrogens is 1. The summed E-state index contributed by atoms with van der Waals surface area (Å²) in [6.07, 6.45) is 10.6. The Balaban J connectivity index is 2.59. The third kappa shape index (κ3) is 10.6. The summed E-state index contributed by atoms with van der Waals surface area (Å²) in [5.41, 5.74) is 1.72. The van der Waals surface area contributed by atoms with Gasteiger partial charge in [-0.25, -0.2) is 0 Å². The fourth-order valence-electron chi connectivity index (χ4n) is 4.71. The highest BCUT2D eigenvalue weighted by molar-refractivity contribution is 6.74. The standard InChI is InChI=1S/C36H61NO5Si2/c1-13-14-15-21-30(38)34-29-20-17-16-19-28(29)27(26-37-34)24-25-32(42-44(11,12)36(5,6)7)31(22-18-23-33(39)40-8)41-43(9,10)35(2,3)4/h16-17,19-20,24-26,30-32,38H,13-15,18,21-23H2,1-12H3/b25-24+. The first-order chi connectivity index (χ1) is 20.3. The van der Waals surface area contributed by atoms with Gasteiger partial charge in [0.05, 0.1) is 31.1 Å². The Bertz CT molecular complexity index is 1230. The van der Waals surface area contributed by atoms with Crippen molar-refractivity contribution in [2.45, 2.75) is 148 Å². The third-order valence-corrected chi connectivity index (χ3v) is 18.6. The number of rotatable bonds is 16. The lowest BCUT2D eigenvalue weighted by Crippen LogP contribution is -2.51. The van der Waals surface area contributed by atoms with Crippen LogP contribution in [0.15, 0.2) is 36.5 Å². The highest BCUT2D eigenvalue weighted by Gasteiger charge is 2.44. The molecule has 44 heavy (non-hydrogen) atoms. The Kier molecular flexibility index (Phi) is 14.0. The van der Waals surface area contributed by atoms with Gasteiger partial charge in [0.2, 0.25) is 0 Å². The van der Waals surface area contributed by atoms with E-state index in [1.54, 1.807) is 0 Å². The topological polar surface area (TPSA) is 77.9 Å². The number of fused-ring (bicyclic) bond motifs is 1. The average molecular weight is 644 g/mol. The van der Waals surface area contributed by atoms with E-state index in [0.29, 0.717) is 25.7 Å². The third-order valence-electron chi connectivity index (χ3n) is 9.67.